The second-order valence-electron chi connectivity index (χ2n) is 5.93. The van der Waals surface area contributed by atoms with E-state index in [-0.39, 0.29) is 29.9 Å². The Morgan fingerprint density at radius 2 is 1.80 bits per heavy atom. The molecule has 0 radical (unpaired) electrons. The first-order chi connectivity index (χ1) is 14.3. The van der Waals surface area contributed by atoms with Crippen LogP contribution >= 0.6 is 0 Å². The van der Waals surface area contributed by atoms with Crippen LogP contribution < -0.4 is 20.5 Å². The number of nitrogens with zero attached hydrogens (tertiary/aromatic N) is 2. The molecular weight excluding hydrogens is 404 g/mol. The van der Waals surface area contributed by atoms with Crippen LogP contribution in [0.1, 0.15) is 5.56 Å². The molecule has 0 atom stereocenters. The number of nitrogens with one attached hydrogen (secondary N) is 1. The minimum absolute atomic E-state index is 0.0278. The number of ether oxygens (including phenoxy) is 2. The molecule has 0 amide bonds. The monoisotopic (exact) mass is 420 g/mol. The number of benzene rings is 2. The first kappa shape index (κ1) is 20.9. The van der Waals surface area contributed by atoms with E-state index in [1.54, 1.807) is 18.2 Å². The van der Waals surface area contributed by atoms with Crippen LogP contribution in [-0.4, -0.2) is 17.3 Å². The van der Waals surface area contributed by atoms with Crippen molar-refractivity contribution in [1.29, 1.82) is 0 Å². The van der Waals surface area contributed by atoms with Gasteiger partial charge in [0.15, 0.2) is 5.96 Å². The number of aliphatic imine (C=N–C) groups is 1. The van der Waals surface area contributed by atoms with E-state index in [1.807, 2.05) is 0 Å². The van der Waals surface area contributed by atoms with Crippen LogP contribution in [0.3, 0.4) is 0 Å². The first-order valence-electron chi connectivity index (χ1n) is 8.58. The Hall–Kier alpha value is -3.82. The van der Waals surface area contributed by atoms with Crippen molar-refractivity contribution in [2.24, 2.45) is 10.7 Å². The molecule has 30 heavy (non-hydrogen) atoms. The molecule has 0 spiro atoms. The summed E-state index contributed by atoms with van der Waals surface area (Å²) < 4.78 is 59.3. The summed E-state index contributed by atoms with van der Waals surface area (Å²) in [6.45, 7) is 0.104. The van der Waals surface area contributed by atoms with E-state index < -0.39 is 12.2 Å². The highest BCUT2D eigenvalue weighted by molar-refractivity contribution is 5.92. The van der Waals surface area contributed by atoms with Gasteiger partial charge in [-0.15, -0.1) is 13.2 Å². The number of alkyl halides is 3. The Morgan fingerprint density at radius 1 is 1.03 bits per heavy atom. The molecule has 0 aliphatic rings. The number of hydrogen-bond acceptors (Lipinski definition) is 4. The molecule has 1 aromatic heterocycles. The molecule has 3 aromatic rings. The lowest BCUT2D eigenvalue weighted by atomic mass is 10.2. The van der Waals surface area contributed by atoms with E-state index in [9.17, 15) is 17.6 Å². The molecule has 3 rings (SSSR count). The Labute approximate surface area is 169 Å². The van der Waals surface area contributed by atoms with Gasteiger partial charge in [-0.25, -0.2) is 14.4 Å². The molecule has 10 heteroatoms. The van der Waals surface area contributed by atoms with E-state index in [4.69, 9.17) is 10.5 Å². The normalized spacial score (nSPS) is 11.8. The van der Waals surface area contributed by atoms with Gasteiger partial charge in [-0.3, -0.25) is 0 Å². The summed E-state index contributed by atoms with van der Waals surface area (Å²) in [6, 6.07) is 14.1. The average molecular weight is 420 g/mol. The predicted molar refractivity (Wildman–Crippen MR) is 103 cm³/mol. The Balaban J connectivity index is 1.64. The van der Waals surface area contributed by atoms with Crippen LogP contribution in [0.15, 0.2) is 71.9 Å². The number of hydrogen-bond donors (Lipinski definition) is 2. The maximum atomic E-state index is 13.3. The molecule has 1 heterocycles. The topological polar surface area (TPSA) is 81.8 Å². The van der Waals surface area contributed by atoms with Crippen molar-refractivity contribution in [2.45, 2.75) is 12.9 Å². The fourth-order valence-corrected chi connectivity index (χ4v) is 2.38. The third kappa shape index (κ3) is 6.36. The second-order valence-corrected chi connectivity index (χ2v) is 5.93. The highest BCUT2D eigenvalue weighted by Gasteiger charge is 2.30. The summed E-state index contributed by atoms with van der Waals surface area (Å²) in [7, 11) is 0. The molecule has 0 aliphatic carbocycles. The largest absolute Gasteiger partial charge is 0.573 e. The van der Waals surface area contributed by atoms with Crippen LogP contribution in [0.25, 0.3) is 0 Å². The quantitative estimate of drug-likeness (QED) is 0.339. The Bertz CT molecular complexity index is 1020. The van der Waals surface area contributed by atoms with Gasteiger partial charge in [0.1, 0.15) is 17.3 Å². The number of nitrogens with two attached hydrogens (primary N) is 1. The molecule has 0 saturated carbocycles. The number of halogens is 4. The first-order valence-corrected chi connectivity index (χ1v) is 8.58. The number of aromatic nitrogens is 1. The summed E-state index contributed by atoms with van der Waals surface area (Å²) in [6.07, 6.45) is -3.24. The van der Waals surface area contributed by atoms with E-state index in [2.05, 4.69) is 20.0 Å². The zero-order valence-corrected chi connectivity index (χ0v) is 15.4. The molecule has 6 nitrogen and oxygen atoms in total. The van der Waals surface area contributed by atoms with Crippen molar-refractivity contribution >= 4 is 11.6 Å². The van der Waals surface area contributed by atoms with Crippen molar-refractivity contribution in [1.82, 2.24) is 4.98 Å². The van der Waals surface area contributed by atoms with Gasteiger partial charge in [0.25, 0.3) is 0 Å². The Kier molecular flexibility index (Phi) is 6.35. The summed E-state index contributed by atoms with van der Waals surface area (Å²) in [5.74, 6) is -0.235. The second kappa shape index (κ2) is 9.12. The molecule has 0 unspecified atom stereocenters. The molecule has 0 fully saturated rings. The van der Waals surface area contributed by atoms with Gasteiger partial charge < -0.3 is 20.5 Å². The zero-order valence-electron chi connectivity index (χ0n) is 15.4. The van der Waals surface area contributed by atoms with Crippen molar-refractivity contribution in [3.05, 3.63) is 78.2 Å². The van der Waals surface area contributed by atoms with Crippen molar-refractivity contribution in [3.8, 4) is 17.4 Å². The van der Waals surface area contributed by atoms with Gasteiger partial charge in [-0.05, 0) is 42.5 Å². The summed E-state index contributed by atoms with van der Waals surface area (Å²) in [4.78, 5) is 8.29. The highest BCUT2D eigenvalue weighted by Crippen LogP contribution is 2.25. The van der Waals surface area contributed by atoms with Gasteiger partial charge in [0.05, 0.1) is 6.54 Å². The van der Waals surface area contributed by atoms with Crippen molar-refractivity contribution in [3.63, 3.8) is 0 Å². The molecule has 0 saturated heterocycles. The minimum atomic E-state index is -4.76. The molecule has 3 N–H and O–H groups in total. The fourth-order valence-electron chi connectivity index (χ4n) is 2.38. The van der Waals surface area contributed by atoms with Gasteiger partial charge >= 0.3 is 6.36 Å². The van der Waals surface area contributed by atoms with E-state index in [0.717, 1.165) is 12.1 Å². The maximum absolute atomic E-state index is 13.3. The minimum Gasteiger partial charge on any atom is -0.439 e. The third-order valence-electron chi connectivity index (χ3n) is 3.64. The molecular formula is C20H16F4N4O2. The van der Waals surface area contributed by atoms with Gasteiger partial charge in [0, 0.05) is 23.5 Å². The summed E-state index contributed by atoms with van der Waals surface area (Å²) >= 11 is 0. The van der Waals surface area contributed by atoms with E-state index in [1.165, 1.54) is 36.5 Å². The van der Waals surface area contributed by atoms with Crippen molar-refractivity contribution < 1.29 is 27.0 Å². The van der Waals surface area contributed by atoms with E-state index >= 15 is 0 Å². The van der Waals surface area contributed by atoms with Gasteiger partial charge in [0.2, 0.25) is 5.88 Å². The van der Waals surface area contributed by atoms with Crippen LogP contribution in [0.4, 0.5) is 23.2 Å². The lowest BCUT2D eigenvalue weighted by Gasteiger charge is -2.11. The lowest BCUT2D eigenvalue weighted by molar-refractivity contribution is -0.274. The lowest BCUT2D eigenvalue weighted by Crippen LogP contribution is -2.22. The maximum Gasteiger partial charge on any atom is 0.573 e. The molecule has 0 aliphatic heterocycles. The molecule has 156 valence electrons. The summed E-state index contributed by atoms with van der Waals surface area (Å²) in [5.41, 5.74) is 6.85. The number of guanidine groups is 1. The third-order valence-corrected chi connectivity index (χ3v) is 3.64. The van der Waals surface area contributed by atoms with Gasteiger partial charge in [-0.2, -0.15) is 0 Å². The number of anilines is 1. The van der Waals surface area contributed by atoms with Gasteiger partial charge in [-0.1, -0.05) is 12.1 Å². The smallest absolute Gasteiger partial charge is 0.439 e. The van der Waals surface area contributed by atoms with Crippen LogP contribution in [0, 0.1) is 5.82 Å². The van der Waals surface area contributed by atoms with Crippen LogP contribution in [0.5, 0.6) is 17.4 Å². The Morgan fingerprint density at radius 3 is 2.50 bits per heavy atom. The molecule has 0 bridgehead atoms. The highest BCUT2D eigenvalue weighted by atomic mass is 19.4. The average Bonchev–Trinajstić information content (AvgIpc) is 2.68. The van der Waals surface area contributed by atoms with Crippen LogP contribution in [0.2, 0.25) is 0 Å². The zero-order chi connectivity index (χ0) is 21.6. The van der Waals surface area contributed by atoms with Crippen molar-refractivity contribution in [2.75, 3.05) is 5.32 Å². The summed E-state index contributed by atoms with van der Waals surface area (Å²) in [5, 5.41) is 2.76. The fraction of sp³-hybridized carbons (Fsp3) is 0.100. The SMILES string of the molecule is NC(=NCc1cccnc1Oc1cccc(F)c1)Nc1ccc(OC(F)(F)F)cc1. The molecule has 2 aromatic carbocycles. The van der Waals surface area contributed by atoms with E-state index in [0.29, 0.717) is 11.3 Å². The number of pyridine rings is 1. The van der Waals surface area contributed by atoms with Crippen LogP contribution in [-0.2, 0) is 6.54 Å². The standard InChI is InChI=1S/C20H16F4N4O2/c21-14-4-1-5-17(11-14)29-18-13(3-2-10-26-18)12-27-19(25)28-15-6-8-16(9-7-15)30-20(22,23)24/h1-11H,12H2,(H3,25,27,28). The number of rotatable bonds is 6. The predicted octanol–water partition coefficient (Wildman–Crippen LogP) is 4.84.